The minimum absolute atomic E-state index is 0.0409. The fourth-order valence-corrected chi connectivity index (χ4v) is 17.0. The van der Waals surface area contributed by atoms with Crippen molar-refractivity contribution in [2.75, 3.05) is 207 Å². The molecule has 4 saturated heterocycles. The molecular weight excluding hydrogens is 2000 g/mol. The third-order valence-corrected chi connectivity index (χ3v) is 24.7. The molecule has 4 fully saturated rings. The molecule has 2 unspecified atom stereocenters. The van der Waals surface area contributed by atoms with Crippen molar-refractivity contribution in [3.05, 3.63) is 170 Å². The zero-order valence-electron chi connectivity index (χ0n) is 81.4. The number of aromatic nitrogens is 8. The molecule has 37 nitrogen and oxygen atoms in total. The van der Waals surface area contributed by atoms with Crippen LogP contribution in [0.5, 0.6) is 0 Å². The van der Waals surface area contributed by atoms with Crippen LogP contribution in [0.2, 0.25) is 0 Å². The first-order chi connectivity index (χ1) is 67.9. The van der Waals surface area contributed by atoms with E-state index < -0.39 is 78.0 Å². The molecule has 0 spiro atoms. The molecule has 139 heavy (non-hydrogen) atoms. The van der Waals surface area contributed by atoms with E-state index in [-0.39, 0.29) is 41.8 Å². The Morgan fingerprint density at radius 2 is 0.755 bits per heavy atom. The quantitative estimate of drug-likeness (QED) is 0.0173. The zero-order chi connectivity index (χ0) is 98.2. The molecule has 0 saturated carbocycles. The summed E-state index contributed by atoms with van der Waals surface area (Å²) >= 11 is 0.792. The Morgan fingerprint density at radius 3 is 1.21 bits per heavy atom. The Hall–Kier alpha value is -9.87. The SMILES string of the molecule is COC(=O)C(COC(=O)N1CCCCCCN(Cc2ccc(CN3CCCCCCNCCNCCC3)cc2)CCNCCC1)NC(=O)c1ccc(NCc2cnc3nc(N)nc(C)c3n2)cc1.COC(=O)C(COC(=O)N1CCCN(Cc2ccc(CN3CCCCCCNCCCNCC3)cc2)CCCCCCNCC1)NC(=O)c1ccc(NCc2cnc3nc(N)[nH]c(=O)c3n2)cc1.F[I-]I. The van der Waals surface area contributed by atoms with Gasteiger partial charge in [-0.3, -0.25) is 39.0 Å². The molecule has 40 heteroatoms. The van der Waals surface area contributed by atoms with Crippen molar-refractivity contribution in [3.8, 4) is 0 Å². The Bertz CT molecular complexity index is 4970. The van der Waals surface area contributed by atoms with Gasteiger partial charge < -0.3 is 93.4 Å². The van der Waals surface area contributed by atoms with Crippen LogP contribution in [0.4, 0.5) is 35.7 Å². The van der Waals surface area contributed by atoms with E-state index in [1.807, 2.05) is 0 Å². The molecule has 4 amide bonds. The van der Waals surface area contributed by atoms with Gasteiger partial charge in [-0.2, -0.15) is 9.97 Å². The summed E-state index contributed by atoms with van der Waals surface area (Å²) < 4.78 is 31.7. The molecule has 0 bridgehead atoms. The summed E-state index contributed by atoms with van der Waals surface area (Å²) in [6.45, 7) is 27.3. The molecular formula is C99H148FI2N26O11-. The van der Waals surface area contributed by atoms with Crippen LogP contribution in [0, 0.1) is 6.92 Å². The van der Waals surface area contributed by atoms with Crippen LogP contribution in [0.3, 0.4) is 0 Å². The summed E-state index contributed by atoms with van der Waals surface area (Å²) in [5.74, 6) is -2.39. The predicted octanol–water partition coefficient (Wildman–Crippen LogP) is 6.56. The number of aromatic amines is 1. The molecule has 0 radical (unpaired) electrons. The van der Waals surface area contributed by atoms with Crippen LogP contribution in [0.25, 0.3) is 22.3 Å². The number of rotatable bonds is 24. The fourth-order valence-electron chi connectivity index (χ4n) is 17.0. The number of nitrogens with one attached hydrogen (secondary N) is 11. The molecule has 4 aliphatic rings. The van der Waals surface area contributed by atoms with Crippen LogP contribution >= 0.6 is 18.6 Å². The van der Waals surface area contributed by atoms with Crippen molar-refractivity contribution in [2.24, 2.45) is 0 Å². The number of nitrogen functional groups attached to an aromatic ring is 2. The zero-order valence-corrected chi connectivity index (χ0v) is 85.7. The van der Waals surface area contributed by atoms with E-state index in [9.17, 15) is 36.4 Å². The van der Waals surface area contributed by atoms with Gasteiger partial charge in [0.25, 0.3) is 17.4 Å². The molecule has 4 aromatic carbocycles. The fraction of sp³-hybridized carbons (Fsp3) is 0.576. The van der Waals surface area contributed by atoms with Gasteiger partial charge >= 0.3 is 63.4 Å². The Kier molecular flexibility index (Phi) is 51.6. The molecule has 8 heterocycles. The molecule has 4 aliphatic heterocycles. The Morgan fingerprint density at radius 1 is 0.410 bits per heavy atom. The number of halogens is 3. The van der Waals surface area contributed by atoms with Crippen molar-refractivity contribution in [3.63, 3.8) is 0 Å². The topological polar surface area (TPSA) is 454 Å². The minimum atomic E-state index is -1.23. The number of amides is 4. The summed E-state index contributed by atoms with van der Waals surface area (Å²) in [6, 6.07) is 29.3. The van der Waals surface area contributed by atoms with Crippen LogP contribution in [0.15, 0.2) is 114 Å². The van der Waals surface area contributed by atoms with Gasteiger partial charge in [0.1, 0.15) is 18.7 Å². The first kappa shape index (κ1) is 111. The number of nitrogens with two attached hydrogens (primary N) is 2. The van der Waals surface area contributed by atoms with Crippen molar-refractivity contribution < 1.29 is 68.4 Å². The summed E-state index contributed by atoms with van der Waals surface area (Å²) in [4.78, 5) is 137. The van der Waals surface area contributed by atoms with Crippen molar-refractivity contribution in [2.45, 2.75) is 187 Å². The third kappa shape index (κ3) is 42.1. The van der Waals surface area contributed by atoms with Gasteiger partial charge in [0.05, 0.1) is 56.8 Å². The van der Waals surface area contributed by atoms with Crippen molar-refractivity contribution in [1.29, 1.82) is 0 Å². The number of carbonyl (C=O) groups is 6. The number of methoxy groups -OCH3 is 2. The van der Waals surface area contributed by atoms with Crippen molar-refractivity contribution >= 4 is 100 Å². The normalized spacial score (nSPS) is 17.6. The van der Waals surface area contributed by atoms with Crippen LogP contribution in [-0.2, 0) is 67.8 Å². The maximum atomic E-state index is 13.6. The van der Waals surface area contributed by atoms with E-state index >= 15 is 0 Å². The van der Waals surface area contributed by atoms with Gasteiger partial charge in [-0.05, 0) is 233 Å². The van der Waals surface area contributed by atoms with E-state index in [0.717, 1.165) is 220 Å². The molecule has 15 N–H and O–H groups in total. The second-order valence-corrected chi connectivity index (χ2v) is 38.0. The number of anilines is 4. The number of fused-ring (bicyclic) bond motifs is 2. The van der Waals surface area contributed by atoms with E-state index in [1.165, 1.54) is 107 Å². The molecule has 8 aromatic rings. The first-order valence-corrected chi connectivity index (χ1v) is 56.7. The summed E-state index contributed by atoms with van der Waals surface area (Å²) in [5.41, 5.74) is 21.2. The number of hydrogen-bond donors (Lipinski definition) is 13. The predicted molar refractivity (Wildman–Crippen MR) is 545 cm³/mol. The summed E-state index contributed by atoms with van der Waals surface area (Å²) in [6.07, 6.45) is 24.5. The molecule has 0 aliphatic carbocycles. The van der Waals surface area contributed by atoms with E-state index in [4.69, 9.17) is 30.4 Å². The van der Waals surface area contributed by atoms with Gasteiger partial charge in [-0.15, -0.1) is 0 Å². The molecule has 2 atom stereocenters. The number of hydrogen-bond acceptors (Lipinski definition) is 32. The van der Waals surface area contributed by atoms with Crippen LogP contribution < -0.4 is 88.0 Å². The number of nitrogens with zero attached hydrogens (tertiary/aromatic N) is 13. The Labute approximate surface area is 838 Å². The second kappa shape index (κ2) is 64.5. The molecule has 4 aromatic heterocycles. The average Bonchev–Trinajstić information content (AvgIpc) is 0.811. The number of esters is 2. The van der Waals surface area contributed by atoms with Crippen LogP contribution in [0.1, 0.15) is 188 Å². The number of benzene rings is 4. The second-order valence-electron chi connectivity index (χ2n) is 35.6. The standard InChI is InChI=1S/C50H75N13O5.C49H73N13O6.FI2/c1-38-45-46(60-49(51)57-38)56-34-43(58-45)33-55-42-19-17-41(18-20-42)47(64)59-44(48(65)67-2)37-68-50(66)63-30-10-6-5-9-28-62(32-26-54-23-12-31-63)36-40-15-13-39(14-16-40)35-61-27-8-4-3-7-21-52-24-25-53-22-11-29-61;1-67-47(65)42(57-45(63)39-16-18-40(19-17-39)54-32-41-33-55-44-43(56-41)46(64)59-48(50)58-44)36-68-49(66)62-29-11-28-60(26-8-4-3-7-21-52-25-31-62)34-37-12-14-38(15-13-37)35-61-27-9-5-2-6-20-51-22-10-23-53-24-30-61;1-3-2/h13-20,34,44,52-55H,3-12,21-33,35-37H2,1-2H3,(H,59,64)(H2,51,56,57,60);12-19,33,42,51-54H,2-11,20-32,34-36H2,1H3,(H,57,63)(H3,50,55,58,59,64);/q;;-1. The van der Waals surface area contributed by atoms with Gasteiger partial charge in [0, 0.05) is 127 Å². The molecule has 12 rings (SSSR count). The van der Waals surface area contributed by atoms with Gasteiger partial charge in [0.2, 0.25) is 11.9 Å². The number of aryl methyl sites for hydroxylation is 1. The van der Waals surface area contributed by atoms with Gasteiger partial charge in [-0.1, -0.05) is 99.9 Å². The summed E-state index contributed by atoms with van der Waals surface area (Å²) in [7, 11) is 2.45. The maximum absolute atomic E-state index is 13.6. The number of ether oxygens (including phenoxy) is 4. The van der Waals surface area contributed by atoms with E-state index in [0.29, 0.717) is 78.8 Å². The molecule has 762 valence electrons. The van der Waals surface area contributed by atoms with E-state index in [1.54, 1.807) is 90.1 Å². The van der Waals surface area contributed by atoms with Gasteiger partial charge in [-0.25, -0.2) is 44.1 Å². The Balaban J connectivity index is 0.000000279. The average molecular weight is 2150 g/mol. The van der Waals surface area contributed by atoms with E-state index in [2.05, 4.69) is 161 Å². The number of H-pyrrole nitrogens is 1. The first-order valence-electron chi connectivity index (χ1n) is 49.6. The van der Waals surface area contributed by atoms with Gasteiger partial charge in [0.15, 0.2) is 28.9 Å². The van der Waals surface area contributed by atoms with Crippen molar-refractivity contribution in [1.82, 2.24) is 112 Å². The third-order valence-electron chi connectivity index (χ3n) is 24.7. The number of carbonyl (C=O) groups excluding carboxylic acids is 6. The monoisotopic (exact) mass is 2150 g/mol. The van der Waals surface area contributed by atoms with Crippen LogP contribution in [-0.4, -0.2) is 302 Å². The summed E-state index contributed by atoms with van der Waals surface area (Å²) in [5, 5.41) is 33.1.